The Kier molecular flexibility index (Phi) is 4.74. The Morgan fingerprint density at radius 3 is 2.24 bits per heavy atom. The van der Waals surface area contributed by atoms with E-state index in [2.05, 4.69) is 15.8 Å². The second-order valence-corrected chi connectivity index (χ2v) is 5.54. The number of anilines is 1. The van der Waals surface area contributed by atoms with Crippen molar-refractivity contribution in [1.82, 2.24) is 10.9 Å². The summed E-state index contributed by atoms with van der Waals surface area (Å²) in [4.78, 5) is 26.3. The first-order valence-electron chi connectivity index (χ1n) is 7.90. The predicted molar refractivity (Wildman–Crippen MR) is 92.9 cm³/mol. The maximum Gasteiger partial charge on any atom is 0.269 e. The average molecular weight is 341 g/mol. The average Bonchev–Trinajstić information content (AvgIpc) is 3.13. The molecule has 0 radical (unpaired) electrons. The van der Waals surface area contributed by atoms with Crippen LogP contribution in [-0.4, -0.2) is 32.2 Å². The largest absolute Gasteiger partial charge is 0.454 e. The lowest BCUT2D eigenvalue weighted by molar-refractivity contribution is 0.0846. The summed E-state index contributed by atoms with van der Waals surface area (Å²) in [6.45, 7) is 3.06. The monoisotopic (exact) mass is 341 g/mol. The van der Waals surface area contributed by atoms with Crippen molar-refractivity contribution in [3.63, 3.8) is 0 Å². The summed E-state index contributed by atoms with van der Waals surface area (Å²) in [5.74, 6) is 0.279. The van der Waals surface area contributed by atoms with Crippen molar-refractivity contribution >= 4 is 17.5 Å². The molecule has 0 aromatic heterocycles. The van der Waals surface area contributed by atoms with Crippen molar-refractivity contribution in [2.75, 3.05) is 25.3 Å². The van der Waals surface area contributed by atoms with Crippen LogP contribution in [0.1, 0.15) is 27.6 Å². The van der Waals surface area contributed by atoms with E-state index in [-0.39, 0.29) is 12.7 Å². The Bertz CT molecular complexity index is 789. The van der Waals surface area contributed by atoms with E-state index < -0.39 is 5.91 Å². The van der Waals surface area contributed by atoms with E-state index in [9.17, 15) is 9.59 Å². The zero-order chi connectivity index (χ0) is 17.8. The van der Waals surface area contributed by atoms with E-state index in [0.29, 0.717) is 22.6 Å². The van der Waals surface area contributed by atoms with Gasteiger partial charge in [0, 0.05) is 30.4 Å². The zero-order valence-corrected chi connectivity index (χ0v) is 14.0. The van der Waals surface area contributed by atoms with Gasteiger partial charge in [0.2, 0.25) is 6.79 Å². The molecule has 0 atom stereocenters. The Labute approximate surface area is 145 Å². The minimum Gasteiger partial charge on any atom is -0.454 e. The smallest absolute Gasteiger partial charge is 0.269 e. The lowest BCUT2D eigenvalue weighted by atomic mass is 10.2. The number of hydrogen-bond acceptors (Lipinski definition) is 5. The van der Waals surface area contributed by atoms with Crippen LogP contribution in [0.2, 0.25) is 0 Å². The van der Waals surface area contributed by atoms with Crippen molar-refractivity contribution in [2.24, 2.45) is 0 Å². The van der Waals surface area contributed by atoms with Gasteiger partial charge in [0.1, 0.15) is 0 Å². The quantitative estimate of drug-likeness (QED) is 0.831. The first-order valence-corrected chi connectivity index (χ1v) is 7.90. The van der Waals surface area contributed by atoms with Crippen LogP contribution in [0.5, 0.6) is 11.5 Å². The molecule has 25 heavy (non-hydrogen) atoms. The minimum absolute atomic E-state index is 0.139. The Hall–Kier alpha value is -3.22. The van der Waals surface area contributed by atoms with Gasteiger partial charge in [-0.3, -0.25) is 20.4 Å². The maximum absolute atomic E-state index is 12.1. The number of rotatable bonds is 4. The van der Waals surface area contributed by atoms with Gasteiger partial charge in [0.25, 0.3) is 11.8 Å². The molecule has 2 N–H and O–H groups in total. The van der Waals surface area contributed by atoms with E-state index in [0.717, 1.165) is 12.2 Å². The van der Waals surface area contributed by atoms with Crippen molar-refractivity contribution in [2.45, 2.75) is 6.92 Å². The molecule has 130 valence electrons. The normalized spacial score (nSPS) is 11.8. The van der Waals surface area contributed by atoms with Crippen LogP contribution in [-0.2, 0) is 0 Å². The molecule has 0 saturated heterocycles. The van der Waals surface area contributed by atoms with Gasteiger partial charge < -0.3 is 14.4 Å². The van der Waals surface area contributed by atoms with Crippen molar-refractivity contribution in [3.05, 3.63) is 53.6 Å². The fourth-order valence-electron chi connectivity index (χ4n) is 2.35. The molecule has 7 heteroatoms. The number of carbonyl (C=O) groups excluding carboxylic acids is 2. The summed E-state index contributed by atoms with van der Waals surface area (Å²) in [5, 5.41) is 0. The van der Waals surface area contributed by atoms with Crippen LogP contribution >= 0.6 is 0 Å². The molecule has 0 fully saturated rings. The third-order valence-corrected chi connectivity index (χ3v) is 3.97. The SMILES string of the molecule is CCN(C)c1ccc(C(=O)NNC(=O)c2ccc3c(c2)OCO3)cc1. The molecule has 2 aromatic carbocycles. The van der Waals surface area contributed by atoms with Crippen LogP contribution in [0.3, 0.4) is 0 Å². The summed E-state index contributed by atoms with van der Waals surface area (Å²) < 4.78 is 10.4. The standard InChI is InChI=1S/C18H19N3O4/c1-3-21(2)14-7-4-12(5-8-14)17(22)19-20-18(23)13-6-9-15-16(10-13)25-11-24-15/h4-10H,3,11H2,1-2H3,(H,19,22)(H,20,23). The Morgan fingerprint density at radius 2 is 1.56 bits per heavy atom. The summed E-state index contributed by atoms with van der Waals surface area (Å²) in [7, 11) is 1.97. The molecule has 2 aromatic rings. The van der Waals surface area contributed by atoms with Gasteiger partial charge in [-0.05, 0) is 49.4 Å². The molecule has 7 nitrogen and oxygen atoms in total. The molecular weight excluding hydrogens is 322 g/mol. The van der Waals surface area contributed by atoms with E-state index >= 15 is 0 Å². The van der Waals surface area contributed by atoms with Gasteiger partial charge in [-0.1, -0.05) is 0 Å². The number of benzene rings is 2. The van der Waals surface area contributed by atoms with Gasteiger partial charge >= 0.3 is 0 Å². The van der Waals surface area contributed by atoms with Gasteiger partial charge in [0.15, 0.2) is 11.5 Å². The highest BCUT2D eigenvalue weighted by molar-refractivity contribution is 5.99. The van der Waals surface area contributed by atoms with Gasteiger partial charge in [-0.2, -0.15) is 0 Å². The lowest BCUT2D eigenvalue weighted by Crippen LogP contribution is -2.41. The molecule has 2 amide bonds. The van der Waals surface area contributed by atoms with Crippen LogP contribution in [0, 0.1) is 0 Å². The first-order chi connectivity index (χ1) is 12.1. The molecule has 3 rings (SSSR count). The highest BCUT2D eigenvalue weighted by Gasteiger charge is 2.16. The van der Waals surface area contributed by atoms with Crippen molar-refractivity contribution in [1.29, 1.82) is 0 Å². The number of carbonyl (C=O) groups is 2. The number of nitrogens with zero attached hydrogens (tertiary/aromatic N) is 1. The fraction of sp³-hybridized carbons (Fsp3) is 0.222. The van der Waals surface area contributed by atoms with Gasteiger partial charge in [0.05, 0.1) is 0 Å². The van der Waals surface area contributed by atoms with Gasteiger partial charge in [-0.25, -0.2) is 0 Å². The number of nitrogens with one attached hydrogen (secondary N) is 2. The molecule has 1 heterocycles. The summed E-state index contributed by atoms with van der Waals surface area (Å²) >= 11 is 0. The first kappa shape index (κ1) is 16.6. The molecule has 0 unspecified atom stereocenters. The third-order valence-electron chi connectivity index (χ3n) is 3.97. The van der Waals surface area contributed by atoms with Crippen LogP contribution < -0.4 is 25.2 Å². The molecule has 0 bridgehead atoms. The van der Waals surface area contributed by atoms with E-state index in [1.54, 1.807) is 30.3 Å². The van der Waals surface area contributed by atoms with E-state index in [4.69, 9.17) is 9.47 Å². The molecule has 0 spiro atoms. The van der Waals surface area contributed by atoms with Crippen LogP contribution in [0.4, 0.5) is 5.69 Å². The fourth-order valence-corrected chi connectivity index (χ4v) is 2.35. The minimum atomic E-state index is -0.436. The second kappa shape index (κ2) is 7.12. The van der Waals surface area contributed by atoms with Crippen LogP contribution in [0.15, 0.2) is 42.5 Å². The molecular formula is C18H19N3O4. The second-order valence-electron chi connectivity index (χ2n) is 5.54. The predicted octanol–water partition coefficient (Wildman–Crippen LogP) is 1.95. The van der Waals surface area contributed by atoms with E-state index in [1.165, 1.54) is 0 Å². The number of ether oxygens (including phenoxy) is 2. The topological polar surface area (TPSA) is 79.9 Å². The number of hydrogen-bond donors (Lipinski definition) is 2. The van der Waals surface area contributed by atoms with Crippen molar-refractivity contribution < 1.29 is 19.1 Å². The highest BCUT2D eigenvalue weighted by Crippen LogP contribution is 2.32. The zero-order valence-electron chi connectivity index (χ0n) is 14.0. The summed E-state index contributed by atoms with van der Waals surface area (Å²) in [6.07, 6.45) is 0. The number of fused-ring (bicyclic) bond motifs is 1. The summed E-state index contributed by atoms with van der Waals surface area (Å²) in [6, 6.07) is 12.0. The Morgan fingerprint density at radius 1 is 0.960 bits per heavy atom. The summed E-state index contributed by atoms with van der Waals surface area (Å²) in [5.41, 5.74) is 6.64. The maximum atomic E-state index is 12.1. The third kappa shape index (κ3) is 3.65. The van der Waals surface area contributed by atoms with E-state index in [1.807, 2.05) is 26.1 Å². The molecule has 1 aliphatic heterocycles. The molecule has 1 aliphatic rings. The lowest BCUT2D eigenvalue weighted by Gasteiger charge is -2.16. The van der Waals surface area contributed by atoms with Gasteiger partial charge in [-0.15, -0.1) is 0 Å². The molecule has 0 saturated carbocycles. The highest BCUT2D eigenvalue weighted by atomic mass is 16.7. The number of amides is 2. The van der Waals surface area contributed by atoms with Crippen molar-refractivity contribution in [3.8, 4) is 11.5 Å². The Balaban J connectivity index is 1.59. The number of hydrazine groups is 1. The van der Waals surface area contributed by atoms with Crippen LogP contribution in [0.25, 0.3) is 0 Å². The molecule has 0 aliphatic carbocycles.